The molecule has 0 bridgehead atoms. The number of piperidine rings is 1. The highest BCUT2D eigenvalue weighted by Gasteiger charge is 2.32. The van der Waals surface area contributed by atoms with Crippen molar-refractivity contribution in [3.8, 4) is 0 Å². The summed E-state index contributed by atoms with van der Waals surface area (Å²) in [6, 6.07) is 4.89. The zero-order chi connectivity index (χ0) is 19.9. The van der Waals surface area contributed by atoms with Gasteiger partial charge in [0.1, 0.15) is 5.82 Å². The molecular formula is C20H29FN4O3. The van der Waals surface area contributed by atoms with Crippen LogP contribution < -0.4 is 16.4 Å². The molecule has 0 aromatic heterocycles. The molecule has 2 aliphatic heterocycles. The Bertz CT molecular complexity index is 681. The van der Waals surface area contributed by atoms with Crippen LogP contribution in [0, 0.1) is 17.7 Å². The number of anilines is 1. The van der Waals surface area contributed by atoms with Gasteiger partial charge < -0.3 is 26.0 Å². The van der Waals surface area contributed by atoms with E-state index in [1.165, 1.54) is 18.2 Å². The number of amides is 3. The second-order valence-electron chi connectivity index (χ2n) is 7.61. The average molecular weight is 392 g/mol. The van der Waals surface area contributed by atoms with Crippen molar-refractivity contribution in [2.24, 2.45) is 17.6 Å². The standard InChI is InChI=1S/C20H29FN4O3/c21-16-4-1-5-17(11-16)24-20(27)23-12-14-3-2-8-25(13-14)19(26)18(22)15-6-9-28-10-7-15/h1,4-5,11,14-15,18H,2-3,6-10,12-13,22H2,(H2,23,24,27). The third-order valence-corrected chi connectivity index (χ3v) is 5.52. The number of hydrogen-bond donors (Lipinski definition) is 3. The average Bonchev–Trinajstić information content (AvgIpc) is 2.72. The first kappa shape index (κ1) is 20.5. The molecule has 3 rings (SSSR count). The van der Waals surface area contributed by atoms with Crippen LogP contribution >= 0.6 is 0 Å². The van der Waals surface area contributed by atoms with Crippen LogP contribution in [0.4, 0.5) is 14.9 Å². The molecule has 2 atom stereocenters. The van der Waals surface area contributed by atoms with E-state index in [9.17, 15) is 14.0 Å². The van der Waals surface area contributed by atoms with Gasteiger partial charge in [-0.2, -0.15) is 0 Å². The van der Waals surface area contributed by atoms with Gasteiger partial charge in [0.25, 0.3) is 0 Å². The third kappa shape index (κ3) is 5.65. The van der Waals surface area contributed by atoms with E-state index in [4.69, 9.17) is 10.5 Å². The van der Waals surface area contributed by atoms with Gasteiger partial charge in [0, 0.05) is 38.5 Å². The van der Waals surface area contributed by atoms with Crippen LogP contribution in [0.1, 0.15) is 25.7 Å². The molecule has 7 nitrogen and oxygen atoms in total. The van der Waals surface area contributed by atoms with Crippen molar-refractivity contribution in [2.75, 3.05) is 38.2 Å². The molecule has 8 heteroatoms. The second-order valence-corrected chi connectivity index (χ2v) is 7.61. The fraction of sp³-hybridized carbons (Fsp3) is 0.600. The Labute approximate surface area is 164 Å². The molecule has 2 saturated heterocycles. The Morgan fingerprint density at radius 1 is 1.29 bits per heavy atom. The number of rotatable bonds is 5. The van der Waals surface area contributed by atoms with E-state index in [0.717, 1.165) is 25.7 Å². The molecule has 0 saturated carbocycles. The predicted molar refractivity (Wildman–Crippen MR) is 104 cm³/mol. The predicted octanol–water partition coefficient (Wildman–Crippen LogP) is 1.94. The number of nitrogens with zero attached hydrogens (tertiary/aromatic N) is 1. The van der Waals surface area contributed by atoms with Crippen molar-refractivity contribution in [1.29, 1.82) is 0 Å². The Balaban J connectivity index is 1.45. The lowest BCUT2D eigenvalue weighted by atomic mass is 9.90. The first-order chi connectivity index (χ1) is 13.5. The number of carbonyl (C=O) groups is 2. The topological polar surface area (TPSA) is 96.7 Å². The van der Waals surface area contributed by atoms with Crippen LogP contribution in [0.15, 0.2) is 24.3 Å². The SMILES string of the molecule is NC(C(=O)N1CCCC(CNC(=O)Nc2cccc(F)c2)C1)C1CCOCC1. The number of likely N-dealkylation sites (tertiary alicyclic amines) is 1. The summed E-state index contributed by atoms with van der Waals surface area (Å²) in [7, 11) is 0. The lowest BCUT2D eigenvalue weighted by molar-refractivity contribution is -0.136. The summed E-state index contributed by atoms with van der Waals surface area (Å²) in [5, 5.41) is 5.43. The number of nitrogens with two attached hydrogens (primary N) is 1. The molecule has 2 unspecified atom stereocenters. The number of hydrogen-bond acceptors (Lipinski definition) is 4. The van der Waals surface area contributed by atoms with Crippen molar-refractivity contribution in [3.05, 3.63) is 30.1 Å². The molecule has 2 fully saturated rings. The van der Waals surface area contributed by atoms with Crippen LogP contribution in [-0.4, -0.2) is 55.7 Å². The summed E-state index contributed by atoms with van der Waals surface area (Å²) in [5.41, 5.74) is 6.63. The van der Waals surface area contributed by atoms with E-state index in [1.54, 1.807) is 6.07 Å². The maximum atomic E-state index is 13.2. The number of carbonyl (C=O) groups excluding carboxylic acids is 2. The Hall–Kier alpha value is -2.19. The van der Waals surface area contributed by atoms with Gasteiger partial charge in [-0.25, -0.2) is 9.18 Å². The van der Waals surface area contributed by atoms with E-state index in [0.29, 0.717) is 38.5 Å². The molecule has 0 radical (unpaired) electrons. The van der Waals surface area contributed by atoms with Gasteiger partial charge in [0.05, 0.1) is 6.04 Å². The molecular weight excluding hydrogens is 363 g/mol. The molecule has 4 N–H and O–H groups in total. The molecule has 0 spiro atoms. The summed E-state index contributed by atoms with van der Waals surface area (Å²) in [6.07, 6.45) is 3.48. The van der Waals surface area contributed by atoms with E-state index >= 15 is 0 Å². The minimum Gasteiger partial charge on any atom is -0.381 e. The van der Waals surface area contributed by atoms with Crippen LogP contribution in [0.25, 0.3) is 0 Å². The normalized spacial score (nSPS) is 21.8. The van der Waals surface area contributed by atoms with Crippen molar-refractivity contribution in [3.63, 3.8) is 0 Å². The van der Waals surface area contributed by atoms with Crippen molar-refractivity contribution in [1.82, 2.24) is 10.2 Å². The van der Waals surface area contributed by atoms with Gasteiger partial charge in [-0.1, -0.05) is 6.07 Å². The molecule has 1 aromatic carbocycles. The van der Waals surface area contributed by atoms with Gasteiger partial charge in [-0.15, -0.1) is 0 Å². The van der Waals surface area contributed by atoms with Crippen molar-refractivity contribution < 1.29 is 18.7 Å². The van der Waals surface area contributed by atoms with E-state index in [1.807, 2.05) is 4.90 Å². The third-order valence-electron chi connectivity index (χ3n) is 5.52. The monoisotopic (exact) mass is 392 g/mol. The maximum Gasteiger partial charge on any atom is 0.319 e. The zero-order valence-corrected chi connectivity index (χ0v) is 16.0. The molecule has 2 heterocycles. The number of ether oxygens (including phenoxy) is 1. The molecule has 154 valence electrons. The number of benzene rings is 1. The Morgan fingerprint density at radius 2 is 2.07 bits per heavy atom. The van der Waals surface area contributed by atoms with Gasteiger partial charge >= 0.3 is 6.03 Å². The Kier molecular flexibility index (Phi) is 7.22. The largest absolute Gasteiger partial charge is 0.381 e. The van der Waals surface area contributed by atoms with E-state index < -0.39 is 11.9 Å². The van der Waals surface area contributed by atoms with Gasteiger partial charge in [-0.3, -0.25) is 4.79 Å². The lowest BCUT2D eigenvalue weighted by Crippen LogP contribution is -2.52. The first-order valence-electron chi connectivity index (χ1n) is 9.95. The summed E-state index contributed by atoms with van der Waals surface area (Å²) < 4.78 is 18.5. The zero-order valence-electron chi connectivity index (χ0n) is 16.0. The Morgan fingerprint density at radius 3 is 2.82 bits per heavy atom. The van der Waals surface area contributed by atoms with Crippen molar-refractivity contribution in [2.45, 2.75) is 31.7 Å². The maximum absolute atomic E-state index is 13.2. The fourth-order valence-corrected chi connectivity index (χ4v) is 3.90. The highest BCUT2D eigenvalue weighted by molar-refractivity contribution is 5.89. The van der Waals surface area contributed by atoms with E-state index in [-0.39, 0.29) is 23.8 Å². The highest BCUT2D eigenvalue weighted by Crippen LogP contribution is 2.22. The van der Waals surface area contributed by atoms with Crippen LogP contribution in [0.3, 0.4) is 0 Å². The molecule has 2 aliphatic rings. The summed E-state index contributed by atoms with van der Waals surface area (Å²) >= 11 is 0. The molecule has 0 aliphatic carbocycles. The molecule has 3 amide bonds. The molecule has 1 aromatic rings. The first-order valence-corrected chi connectivity index (χ1v) is 9.95. The minimum atomic E-state index is -0.480. The van der Waals surface area contributed by atoms with Gasteiger partial charge in [-0.05, 0) is 55.7 Å². The van der Waals surface area contributed by atoms with Crippen molar-refractivity contribution >= 4 is 17.6 Å². The summed E-state index contributed by atoms with van der Waals surface area (Å²) in [5.74, 6) is -0.0458. The van der Waals surface area contributed by atoms with Crippen LogP contribution in [-0.2, 0) is 9.53 Å². The van der Waals surface area contributed by atoms with Crippen LogP contribution in [0.2, 0.25) is 0 Å². The number of urea groups is 1. The fourth-order valence-electron chi connectivity index (χ4n) is 3.90. The second kappa shape index (κ2) is 9.84. The highest BCUT2D eigenvalue weighted by atomic mass is 19.1. The summed E-state index contributed by atoms with van der Waals surface area (Å²) in [6.45, 7) is 3.09. The smallest absolute Gasteiger partial charge is 0.319 e. The summed E-state index contributed by atoms with van der Waals surface area (Å²) in [4.78, 5) is 26.7. The molecule has 28 heavy (non-hydrogen) atoms. The lowest BCUT2D eigenvalue weighted by Gasteiger charge is -2.36. The minimum absolute atomic E-state index is 0.000752. The van der Waals surface area contributed by atoms with Gasteiger partial charge in [0.15, 0.2) is 0 Å². The number of halogens is 1. The van der Waals surface area contributed by atoms with Gasteiger partial charge in [0.2, 0.25) is 5.91 Å². The van der Waals surface area contributed by atoms with E-state index in [2.05, 4.69) is 10.6 Å². The number of nitrogens with one attached hydrogen (secondary N) is 2. The van der Waals surface area contributed by atoms with Crippen LogP contribution in [0.5, 0.6) is 0 Å². The quantitative estimate of drug-likeness (QED) is 0.713.